The summed E-state index contributed by atoms with van der Waals surface area (Å²) in [5.41, 5.74) is 4.00. The van der Waals surface area contributed by atoms with Crippen molar-refractivity contribution in [1.82, 2.24) is 24.3 Å². The minimum Gasteiger partial charge on any atom is -0.460 e. The standard InChI is InChI=1S/C37H42FN7O4S/c1-37(2,3)49-31(46)7-5-13-42-15-17-43(18-16-42)26-10-8-24(9-11-26)25-20-27-28(29(38)21-25)22-45(35(27)48)33(34(47)41-36-39-12-19-50-36)32-30-6-4-14-44(30)23-40-32/h8-12,19-21,23,33H,4-7,13-18,22H2,1-3H3,(H,39,41,47). The zero-order valence-electron chi connectivity index (χ0n) is 28.7. The number of nitrogens with one attached hydrogen (secondary N) is 1. The highest BCUT2D eigenvalue weighted by Crippen LogP contribution is 2.38. The van der Waals surface area contributed by atoms with Crippen LogP contribution < -0.4 is 10.2 Å². The van der Waals surface area contributed by atoms with Crippen molar-refractivity contribution in [3.05, 3.63) is 82.6 Å². The topological polar surface area (TPSA) is 113 Å². The second-order valence-electron chi connectivity index (χ2n) is 14.1. The van der Waals surface area contributed by atoms with Gasteiger partial charge in [-0.15, -0.1) is 11.3 Å². The molecule has 0 aliphatic carbocycles. The summed E-state index contributed by atoms with van der Waals surface area (Å²) < 4.78 is 23.2. The number of hydrogen-bond donors (Lipinski definition) is 1. The van der Waals surface area contributed by atoms with Crippen molar-refractivity contribution in [2.75, 3.05) is 42.9 Å². The number of aryl methyl sites for hydroxylation is 1. The lowest BCUT2D eigenvalue weighted by molar-refractivity contribution is -0.155. The van der Waals surface area contributed by atoms with E-state index >= 15 is 4.39 Å². The normalized spacial score (nSPS) is 16.8. The Hall–Kier alpha value is -4.62. The molecule has 5 heterocycles. The maximum absolute atomic E-state index is 15.8. The van der Waals surface area contributed by atoms with Gasteiger partial charge in [-0.3, -0.25) is 24.6 Å². The number of carbonyl (C=O) groups is 3. The molecular formula is C37H42FN7O4S. The van der Waals surface area contributed by atoms with Crippen molar-refractivity contribution in [1.29, 1.82) is 0 Å². The number of ether oxygens (including phenoxy) is 1. The first-order valence-electron chi connectivity index (χ1n) is 17.2. The van der Waals surface area contributed by atoms with Crippen molar-refractivity contribution >= 4 is 39.9 Å². The van der Waals surface area contributed by atoms with Crippen LogP contribution in [-0.2, 0) is 33.8 Å². The average Bonchev–Trinajstić information content (AvgIpc) is 3.89. The lowest BCUT2D eigenvalue weighted by atomic mass is 9.99. The molecule has 1 fully saturated rings. The Morgan fingerprint density at radius 1 is 1.04 bits per heavy atom. The fourth-order valence-electron chi connectivity index (χ4n) is 7.10. The molecule has 0 saturated carbocycles. The number of esters is 1. The zero-order valence-corrected chi connectivity index (χ0v) is 29.5. The van der Waals surface area contributed by atoms with Gasteiger partial charge < -0.3 is 19.1 Å². The Kier molecular flexibility index (Phi) is 9.44. The molecule has 1 saturated heterocycles. The van der Waals surface area contributed by atoms with Gasteiger partial charge in [-0.1, -0.05) is 12.1 Å². The summed E-state index contributed by atoms with van der Waals surface area (Å²) in [6.07, 6.45) is 6.19. The number of benzene rings is 2. The number of amides is 2. The quantitative estimate of drug-likeness (QED) is 0.211. The van der Waals surface area contributed by atoms with Crippen LogP contribution in [0.1, 0.15) is 73.4 Å². The minimum atomic E-state index is -1.03. The predicted octanol–water partition coefficient (Wildman–Crippen LogP) is 5.67. The van der Waals surface area contributed by atoms with E-state index in [9.17, 15) is 14.4 Å². The molecule has 0 bridgehead atoms. The van der Waals surface area contributed by atoms with E-state index in [4.69, 9.17) is 4.74 Å². The predicted molar refractivity (Wildman–Crippen MR) is 189 cm³/mol. The molecule has 2 amide bonds. The molecule has 0 spiro atoms. The van der Waals surface area contributed by atoms with E-state index < -0.39 is 29.3 Å². The number of halogens is 1. The molecule has 50 heavy (non-hydrogen) atoms. The second kappa shape index (κ2) is 13.9. The van der Waals surface area contributed by atoms with Crippen LogP contribution in [0.5, 0.6) is 0 Å². The third kappa shape index (κ3) is 7.15. The molecule has 4 aromatic rings. The van der Waals surface area contributed by atoms with E-state index in [0.717, 1.165) is 75.5 Å². The smallest absolute Gasteiger partial charge is 0.306 e. The molecule has 11 nitrogen and oxygen atoms in total. The van der Waals surface area contributed by atoms with Crippen molar-refractivity contribution in [2.24, 2.45) is 0 Å². The van der Waals surface area contributed by atoms with Crippen LogP contribution >= 0.6 is 11.3 Å². The van der Waals surface area contributed by atoms with Crippen LogP contribution in [0.3, 0.4) is 0 Å². The zero-order chi connectivity index (χ0) is 35.0. The number of aromatic nitrogens is 3. The summed E-state index contributed by atoms with van der Waals surface area (Å²) in [6.45, 7) is 10.8. The van der Waals surface area contributed by atoms with Crippen molar-refractivity contribution in [2.45, 2.75) is 71.2 Å². The molecule has 3 aliphatic rings. The van der Waals surface area contributed by atoms with Gasteiger partial charge in [0.15, 0.2) is 11.2 Å². The summed E-state index contributed by atoms with van der Waals surface area (Å²) in [4.78, 5) is 54.7. The average molecular weight is 700 g/mol. The summed E-state index contributed by atoms with van der Waals surface area (Å²) in [7, 11) is 0. The molecule has 0 radical (unpaired) electrons. The van der Waals surface area contributed by atoms with E-state index in [2.05, 4.69) is 25.1 Å². The highest BCUT2D eigenvalue weighted by atomic mass is 32.1. The number of hydrogen-bond acceptors (Lipinski definition) is 9. The van der Waals surface area contributed by atoms with Crippen LogP contribution in [0.2, 0.25) is 0 Å². The number of carbonyl (C=O) groups excluding carboxylic acids is 3. The monoisotopic (exact) mass is 699 g/mol. The molecule has 2 aromatic heterocycles. The molecule has 3 aliphatic heterocycles. The van der Waals surface area contributed by atoms with Gasteiger partial charge >= 0.3 is 5.97 Å². The van der Waals surface area contributed by atoms with Crippen molar-refractivity contribution in [3.63, 3.8) is 0 Å². The number of fused-ring (bicyclic) bond motifs is 2. The first-order chi connectivity index (χ1) is 24.0. The Labute approximate surface area is 295 Å². The van der Waals surface area contributed by atoms with E-state index in [0.29, 0.717) is 22.8 Å². The third-order valence-corrected chi connectivity index (χ3v) is 10.2. The van der Waals surface area contributed by atoms with E-state index in [1.54, 1.807) is 24.0 Å². The molecule has 1 unspecified atom stereocenters. The van der Waals surface area contributed by atoms with Crippen LogP contribution in [-0.4, -0.2) is 80.4 Å². The number of rotatable bonds is 10. The van der Waals surface area contributed by atoms with E-state index in [1.807, 2.05) is 49.6 Å². The van der Waals surface area contributed by atoms with Gasteiger partial charge in [-0.05, 0) is 82.0 Å². The Morgan fingerprint density at radius 3 is 2.54 bits per heavy atom. The number of imidazole rings is 1. The SMILES string of the molecule is CC(C)(C)OC(=O)CCCN1CCN(c2ccc(-c3cc(F)c4c(c3)C(=O)N(C(C(=O)Nc3nccs3)c3ncn5c3CCC5)C4)cc2)CC1. The van der Waals surface area contributed by atoms with Gasteiger partial charge in [-0.2, -0.15) is 0 Å². The molecule has 1 atom stereocenters. The van der Waals surface area contributed by atoms with Crippen LogP contribution in [0, 0.1) is 5.82 Å². The maximum atomic E-state index is 15.8. The molecule has 2 aromatic carbocycles. The molecular weight excluding hydrogens is 658 g/mol. The first kappa shape index (κ1) is 33.9. The van der Waals surface area contributed by atoms with E-state index in [-0.39, 0.29) is 23.6 Å². The van der Waals surface area contributed by atoms with Crippen LogP contribution in [0.4, 0.5) is 15.2 Å². The van der Waals surface area contributed by atoms with Gasteiger partial charge in [-0.25, -0.2) is 14.4 Å². The van der Waals surface area contributed by atoms with Gasteiger partial charge in [0, 0.05) is 73.2 Å². The first-order valence-corrected chi connectivity index (χ1v) is 18.1. The van der Waals surface area contributed by atoms with Gasteiger partial charge in [0.05, 0.1) is 18.6 Å². The summed E-state index contributed by atoms with van der Waals surface area (Å²) in [5.74, 6) is -1.46. The summed E-state index contributed by atoms with van der Waals surface area (Å²) in [6, 6.07) is 10.2. The molecule has 262 valence electrons. The number of anilines is 2. The van der Waals surface area contributed by atoms with Crippen molar-refractivity contribution in [3.8, 4) is 11.1 Å². The van der Waals surface area contributed by atoms with Gasteiger partial charge in [0.2, 0.25) is 0 Å². The van der Waals surface area contributed by atoms with Crippen molar-refractivity contribution < 1.29 is 23.5 Å². The second-order valence-corrected chi connectivity index (χ2v) is 15.0. The highest BCUT2D eigenvalue weighted by molar-refractivity contribution is 7.13. The minimum absolute atomic E-state index is 0.0333. The summed E-state index contributed by atoms with van der Waals surface area (Å²) >= 11 is 1.29. The largest absolute Gasteiger partial charge is 0.460 e. The molecule has 13 heteroatoms. The fraction of sp³-hybridized carbons (Fsp3) is 0.432. The lowest BCUT2D eigenvalue weighted by Crippen LogP contribution is -2.46. The van der Waals surface area contributed by atoms with Crippen LogP contribution in [0.15, 0.2) is 54.3 Å². The number of nitrogens with zero attached hydrogens (tertiary/aromatic N) is 6. The Morgan fingerprint density at radius 2 is 1.82 bits per heavy atom. The summed E-state index contributed by atoms with van der Waals surface area (Å²) in [5, 5.41) is 5.03. The van der Waals surface area contributed by atoms with Gasteiger partial charge in [0.1, 0.15) is 11.4 Å². The molecule has 1 N–H and O–H groups in total. The van der Waals surface area contributed by atoms with Gasteiger partial charge in [0.25, 0.3) is 11.8 Å². The molecule has 7 rings (SSSR count). The lowest BCUT2D eigenvalue weighted by Gasteiger charge is -2.36. The van der Waals surface area contributed by atoms with Crippen LogP contribution in [0.25, 0.3) is 11.1 Å². The Balaban J connectivity index is 1.02. The van der Waals surface area contributed by atoms with E-state index in [1.165, 1.54) is 22.3 Å². The third-order valence-electron chi connectivity index (χ3n) is 9.50. The highest BCUT2D eigenvalue weighted by Gasteiger charge is 2.42. The fourth-order valence-corrected chi connectivity index (χ4v) is 7.63. The number of piperazine rings is 1. The number of thiazole rings is 1. The Bertz CT molecular complexity index is 1880. The maximum Gasteiger partial charge on any atom is 0.306 e.